The SMILES string of the molecule is CNC1CC2(CCCC2)Oc2cc(OCC(C)C)ccc21. The molecule has 1 aliphatic heterocycles. The zero-order chi connectivity index (χ0) is 14.9. The van der Waals surface area contributed by atoms with Gasteiger partial charge in [-0.25, -0.2) is 0 Å². The van der Waals surface area contributed by atoms with E-state index in [4.69, 9.17) is 9.47 Å². The second-order valence-corrected chi connectivity index (χ2v) is 6.94. The van der Waals surface area contributed by atoms with Crippen LogP contribution >= 0.6 is 0 Å². The predicted molar refractivity (Wildman–Crippen MR) is 85.0 cm³/mol. The molecule has 1 spiro atoms. The number of rotatable bonds is 4. The molecule has 1 atom stereocenters. The summed E-state index contributed by atoms with van der Waals surface area (Å²) in [5, 5.41) is 3.46. The van der Waals surface area contributed by atoms with Gasteiger partial charge in [0.1, 0.15) is 17.1 Å². The third kappa shape index (κ3) is 3.03. The van der Waals surface area contributed by atoms with Crippen LogP contribution in [0.1, 0.15) is 57.6 Å². The molecule has 0 saturated heterocycles. The average molecular weight is 289 g/mol. The molecule has 3 heteroatoms. The smallest absolute Gasteiger partial charge is 0.128 e. The highest BCUT2D eigenvalue weighted by Gasteiger charge is 2.42. The monoisotopic (exact) mass is 289 g/mol. The van der Waals surface area contributed by atoms with Crippen molar-refractivity contribution in [2.24, 2.45) is 5.92 Å². The fourth-order valence-electron chi connectivity index (χ4n) is 3.58. The van der Waals surface area contributed by atoms with Crippen molar-refractivity contribution in [2.75, 3.05) is 13.7 Å². The van der Waals surface area contributed by atoms with Gasteiger partial charge < -0.3 is 14.8 Å². The summed E-state index contributed by atoms with van der Waals surface area (Å²) in [6.07, 6.45) is 6.02. The Kier molecular flexibility index (Phi) is 4.12. The second-order valence-electron chi connectivity index (χ2n) is 6.94. The molecule has 1 heterocycles. The molecule has 3 rings (SSSR count). The number of fused-ring (bicyclic) bond motifs is 1. The first kappa shape index (κ1) is 14.7. The van der Waals surface area contributed by atoms with Crippen LogP contribution in [0.5, 0.6) is 11.5 Å². The quantitative estimate of drug-likeness (QED) is 0.906. The summed E-state index contributed by atoms with van der Waals surface area (Å²) in [6, 6.07) is 6.71. The summed E-state index contributed by atoms with van der Waals surface area (Å²) in [6.45, 7) is 5.08. The third-order valence-electron chi connectivity index (χ3n) is 4.71. The van der Waals surface area contributed by atoms with E-state index in [2.05, 4.69) is 37.4 Å². The van der Waals surface area contributed by atoms with E-state index in [1.165, 1.54) is 31.2 Å². The second kappa shape index (κ2) is 5.88. The van der Waals surface area contributed by atoms with Crippen LogP contribution in [-0.4, -0.2) is 19.3 Å². The van der Waals surface area contributed by atoms with E-state index >= 15 is 0 Å². The van der Waals surface area contributed by atoms with Crippen LogP contribution in [0.4, 0.5) is 0 Å². The molecular formula is C18H27NO2. The van der Waals surface area contributed by atoms with Gasteiger partial charge in [0.2, 0.25) is 0 Å². The molecule has 0 aromatic heterocycles. The fourth-order valence-corrected chi connectivity index (χ4v) is 3.58. The zero-order valence-electron chi connectivity index (χ0n) is 13.4. The van der Waals surface area contributed by atoms with Crippen molar-refractivity contribution >= 4 is 0 Å². The molecule has 116 valence electrons. The minimum Gasteiger partial charge on any atom is -0.493 e. The molecule has 1 aromatic carbocycles. The number of hydrogen-bond acceptors (Lipinski definition) is 3. The van der Waals surface area contributed by atoms with E-state index in [1.54, 1.807) is 0 Å². The van der Waals surface area contributed by atoms with Crippen molar-refractivity contribution in [3.8, 4) is 11.5 Å². The lowest BCUT2D eigenvalue weighted by molar-refractivity contribution is 0.0376. The maximum absolute atomic E-state index is 6.44. The van der Waals surface area contributed by atoms with Gasteiger partial charge in [-0.15, -0.1) is 0 Å². The molecule has 0 amide bonds. The molecule has 1 N–H and O–H groups in total. The first-order valence-corrected chi connectivity index (χ1v) is 8.25. The highest BCUT2D eigenvalue weighted by atomic mass is 16.5. The first-order chi connectivity index (χ1) is 10.1. The molecule has 21 heavy (non-hydrogen) atoms. The average Bonchev–Trinajstić information content (AvgIpc) is 2.91. The van der Waals surface area contributed by atoms with Crippen LogP contribution < -0.4 is 14.8 Å². The van der Waals surface area contributed by atoms with Crippen LogP contribution in [0, 0.1) is 5.92 Å². The molecule has 1 saturated carbocycles. The van der Waals surface area contributed by atoms with Gasteiger partial charge in [0.25, 0.3) is 0 Å². The van der Waals surface area contributed by atoms with Gasteiger partial charge in [-0.1, -0.05) is 19.9 Å². The van der Waals surface area contributed by atoms with Crippen LogP contribution in [-0.2, 0) is 0 Å². The van der Waals surface area contributed by atoms with Crippen molar-refractivity contribution < 1.29 is 9.47 Å². The third-order valence-corrected chi connectivity index (χ3v) is 4.71. The summed E-state index contributed by atoms with van der Waals surface area (Å²) in [5.41, 5.74) is 1.32. The van der Waals surface area contributed by atoms with E-state index in [0.29, 0.717) is 12.0 Å². The van der Waals surface area contributed by atoms with Gasteiger partial charge in [-0.3, -0.25) is 0 Å². The van der Waals surface area contributed by atoms with Gasteiger partial charge in [-0.05, 0) is 44.7 Å². The lowest BCUT2D eigenvalue weighted by Gasteiger charge is -2.40. The van der Waals surface area contributed by atoms with E-state index in [9.17, 15) is 0 Å². The molecule has 2 aliphatic rings. The van der Waals surface area contributed by atoms with Crippen LogP contribution in [0.25, 0.3) is 0 Å². The fraction of sp³-hybridized carbons (Fsp3) is 0.667. The Hall–Kier alpha value is -1.22. The van der Waals surface area contributed by atoms with E-state index < -0.39 is 0 Å². The normalized spacial score (nSPS) is 23.1. The molecule has 0 bridgehead atoms. The lowest BCUT2D eigenvalue weighted by Crippen LogP contribution is -2.41. The van der Waals surface area contributed by atoms with E-state index in [0.717, 1.165) is 24.5 Å². The lowest BCUT2D eigenvalue weighted by atomic mass is 9.86. The van der Waals surface area contributed by atoms with Gasteiger partial charge >= 0.3 is 0 Å². The Morgan fingerprint density at radius 1 is 1.33 bits per heavy atom. The number of benzene rings is 1. The summed E-state index contributed by atoms with van der Waals surface area (Å²) in [5.74, 6) is 2.48. The first-order valence-electron chi connectivity index (χ1n) is 8.25. The van der Waals surface area contributed by atoms with Crippen LogP contribution in [0.2, 0.25) is 0 Å². The Labute approximate surface area is 128 Å². The van der Waals surface area contributed by atoms with Crippen molar-refractivity contribution in [3.05, 3.63) is 23.8 Å². The maximum atomic E-state index is 6.44. The summed E-state index contributed by atoms with van der Waals surface area (Å²) < 4.78 is 12.3. The maximum Gasteiger partial charge on any atom is 0.128 e. The highest BCUT2D eigenvalue weighted by Crippen LogP contribution is 2.47. The number of hydrogen-bond donors (Lipinski definition) is 1. The van der Waals surface area contributed by atoms with Gasteiger partial charge in [0.05, 0.1) is 6.61 Å². The van der Waals surface area contributed by atoms with Crippen molar-refractivity contribution in [3.63, 3.8) is 0 Å². The Balaban J connectivity index is 1.85. The molecule has 0 radical (unpaired) electrons. The predicted octanol–water partition coefficient (Wildman–Crippen LogP) is 4.08. The molecule has 3 nitrogen and oxygen atoms in total. The van der Waals surface area contributed by atoms with Crippen molar-refractivity contribution in [1.82, 2.24) is 5.32 Å². The minimum atomic E-state index is 0.0529. The Bertz CT molecular complexity index is 492. The highest BCUT2D eigenvalue weighted by molar-refractivity contribution is 5.44. The molecule has 1 unspecified atom stereocenters. The topological polar surface area (TPSA) is 30.5 Å². The Morgan fingerprint density at radius 3 is 2.76 bits per heavy atom. The number of nitrogens with one attached hydrogen (secondary N) is 1. The van der Waals surface area contributed by atoms with E-state index in [-0.39, 0.29) is 5.60 Å². The molecule has 1 aliphatic carbocycles. The van der Waals surface area contributed by atoms with Crippen molar-refractivity contribution in [2.45, 2.75) is 57.6 Å². The van der Waals surface area contributed by atoms with Gasteiger partial charge in [-0.2, -0.15) is 0 Å². The largest absolute Gasteiger partial charge is 0.493 e. The molecule has 1 fully saturated rings. The minimum absolute atomic E-state index is 0.0529. The van der Waals surface area contributed by atoms with E-state index in [1.807, 2.05) is 7.05 Å². The van der Waals surface area contributed by atoms with Crippen LogP contribution in [0.3, 0.4) is 0 Å². The van der Waals surface area contributed by atoms with Gasteiger partial charge in [0.15, 0.2) is 0 Å². The molecule has 1 aromatic rings. The summed E-state index contributed by atoms with van der Waals surface area (Å²) in [4.78, 5) is 0. The zero-order valence-corrected chi connectivity index (χ0v) is 13.4. The van der Waals surface area contributed by atoms with Crippen LogP contribution in [0.15, 0.2) is 18.2 Å². The summed E-state index contributed by atoms with van der Waals surface area (Å²) in [7, 11) is 2.05. The van der Waals surface area contributed by atoms with Crippen molar-refractivity contribution in [1.29, 1.82) is 0 Å². The molecular weight excluding hydrogens is 262 g/mol. The Morgan fingerprint density at radius 2 is 2.10 bits per heavy atom. The van der Waals surface area contributed by atoms with Gasteiger partial charge in [0, 0.05) is 24.1 Å². The standard InChI is InChI=1S/C18H27NO2/c1-13(2)12-20-14-6-7-15-16(19-3)11-18(8-4-5-9-18)21-17(15)10-14/h6-7,10,13,16,19H,4-5,8-9,11-12H2,1-3H3. The summed E-state index contributed by atoms with van der Waals surface area (Å²) >= 11 is 0. The number of ether oxygens (including phenoxy) is 2.